The van der Waals surface area contributed by atoms with E-state index < -0.39 is 0 Å². The molecule has 0 saturated heterocycles. The molecule has 45 heavy (non-hydrogen) atoms. The molecule has 0 bridgehead atoms. The zero-order valence-electron chi connectivity index (χ0n) is 28.0. The molecule has 1 aliphatic heterocycles. The number of nitrogens with zero attached hydrogens (tertiary/aromatic N) is 1. The van der Waals surface area contributed by atoms with Crippen molar-refractivity contribution in [2.24, 2.45) is 5.73 Å². The Morgan fingerprint density at radius 1 is 0.756 bits per heavy atom. The van der Waals surface area contributed by atoms with Crippen LogP contribution in [0.2, 0.25) is 0 Å². The maximum absolute atomic E-state index is 12.1. The monoisotopic (exact) mass is 826 g/mol. The Morgan fingerprint density at radius 3 is 1.69 bits per heavy atom. The summed E-state index contributed by atoms with van der Waals surface area (Å²) >= 11 is 3.30. The van der Waals surface area contributed by atoms with Crippen LogP contribution in [0.1, 0.15) is 70.7 Å². The summed E-state index contributed by atoms with van der Waals surface area (Å²) < 4.78 is 4.62. The topological polar surface area (TPSA) is 72.6 Å². The number of hydrogen-bond acceptors (Lipinski definition) is 4. The van der Waals surface area contributed by atoms with Crippen LogP contribution in [0.5, 0.6) is 0 Å². The van der Waals surface area contributed by atoms with Gasteiger partial charge in [-0.2, -0.15) is 0 Å². The van der Waals surface area contributed by atoms with Crippen molar-refractivity contribution in [1.82, 2.24) is 4.90 Å². The predicted octanol–water partition coefficient (Wildman–Crippen LogP) is 9.30. The normalized spacial score (nSPS) is 9.67. The van der Waals surface area contributed by atoms with Gasteiger partial charge in [-0.25, -0.2) is 4.79 Å². The van der Waals surface area contributed by atoms with Crippen molar-refractivity contribution >= 4 is 27.8 Å². The van der Waals surface area contributed by atoms with Gasteiger partial charge >= 0.3 is 5.97 Å². The molecule has 1 aliphatic rings. The Labute approximate surface area is 332 Å². The van der Waals surface area contributed by atoms with Gasteiger partial charge in [0.25, 0.3) is 5.91 Å². The number of esters is 1. The molecule has 0 fully saturated rings. The SMILES string of the molecule is CC.CC.COC(=O)c1ccccc1CBr.NCc1ccccc1.O=C1c2ccccc2CN1Cc1ccccc1.[CH3-].[CH3-].[Y].[Y]. The first kappa shape index (κ1) is 50.3. The third-order valence-corrected chi connectivity index (χ3v) is 6.36. The van der Waals surface area contributed by atoms with Crippen molar-refractivity contribution in [3.05, 3.63) is 157 Å². The molecule has 0 aromatic heterocycles. The molecule has 1 amide bonds. The molecule has 4 aromatic carbocycles. The first-order chi connectivity index (χ1) is 20.1. The van der Waals surface area contributed by atoms with Crippen LogP contribution in [0.25, 0.3) is 0 Å². The third-order valence-electron chi connectivity index (χ3n) is 5.76. The van der Waals surface area contributed by atoms with E-state index in [4.69, 9.17) is 5.73 Å². The molecule has 5 rings (SSSR count). The molecule has 2 radical (unpaired) electrons. The molecule has 0 atom stereocenters. The molecule has 0 unspecified atom stereocenters. The van der Waals surface area contributed by atoms with Gasteiger partial charge in [0.05, 0.1) is 12.7 Å². The van der Waals surface area contributed by atoms with Crippen LogP contribution >= 0.6 is 15.9 Å². The number of benzene rings is 4. The van der Waals surface area contributed by atoms with E-state index in [9.17, 15) is 9.59 Å². The number of alkyl halides is 1. The molecule has 240 valence electrons. The molecule has 0 spiro atoms. The molecule has 4 aromatic rings. The minimum atomic E-state index is -0.287. The van der Waals surface area contributed by atoms with Crippen LogP contribution in [-0.4, -0.2) is 23.9 Å². The van der Waals surface area contributed by atoms with Crippen LogP contribution in [0, 0.1) is 14.9 Å². The van der Waals surface area contributed by atoms with Crippen molar-refractivity contribution in [2.75, 3.05) is 7.11 Å². The number of rotatable bonds is 5. The summed E-state index contributed by atoms with van der Waals surface area (Å²) in [7, 11) is 1.38. The fourth-order valence-electron chi connectivity index (χ4n) is 3.81. The zero-order valence-corrected chi connectivity index (χ0v) is 35.3. The first-order valence-corrected chi connectivity index (χ1v) is 15.1. The number of ether oxygens (including phenoxy) is 1. The number of halogens is 1. The van der Waals surface area contributed by atoms with Crippen molar-refractivity contribution < 1.29 is 79.7 Å². The number of nitrogens with two attached hydrogens (primary N) is 1. The smallest absolute Gasteiger partial charge is 0.338 e. The maximum atomic E-state index is 12.1. The Morgan fingerprint density at radius 2 is 1.22 bits per heavy atom. The second kappa shape index (κ2) is 31.1. The summed E-state index contributed by atoms with van der Waals surface area (Å²) in [5.74, 6) is -0.144. The van der Waals surface area contributed by atoms with Crippen molar-refractivity contribution in [1.29, 1.82) is 0 Å². The van der Waals surface area contributed by atoms with E-state index in [2.05, 4.69) is 32.8 Å². The van der Waals surface area contributed by atoms with Gasteiger partial charge in [-0.05, 0) is 34.4 Å². The molecular formula is C37H49BrN2O3Y2-2. The Kier molecular flexibility index (Phi) is 34.8. The second-order valence-corrected chi connectivity index (χ2v) is 8.84. The molecule has 0 saturated carbocycles. The molecule has 0 aliphatic carbocycles. The Bertz CT molecular complexity index is 1290. The summed E-state index contributed by atoms with van der Waals surface area (Å²) in [6.07, 6.45) is 0. The van der Waals surface area contributed by atoms with Gasteiger partial charge in [0.2, 0.25) is 0 Å². The average molecular weight is 828 g/mol. The molecule has 1 heterocycles. The summed E-state index contributed by atoms with van der Waals surface area (Å²) in [6.45, 7) is 10.1. The molecule has 8 heteroatoms. The summed E-state index contributed by atoms with van der Waals surface area (Å²) in [6, 6.07) is 35.3. The van der Waals surface area contributed by atoms with Crippen LogP contribution < -0.4 is 5.73 Å². The van der Waals surface area contributed by atoms with Gasteiger partial charge in [0, 0.05) is 95.9 Å². The maximum Gasteiger partial charge on any atom is 0.338 e. The number of hydrogen-bond donors (Lipinski definition) is 1. The summed E-state index contributed by atoms with van der Waals surface area (Å²) in [4.78, 5) is 25.2. The van der Waals surface area contributed by atoms with Crippen molar-refractivity contribution in [3.63, 3.8) is 0 Å². The largest absolute Gasteiger partial charge is 0.465 e. The number of carbonyl (C=O) groups is 2. The van der Waals surface area contributed by atoms with E-state index in [-0.39, 0.29) is 92.1 Å². The van der Waals surface area contributed by atoms with Gasteiger partial charge in [0.15, 0.2) is 0 Å². The predicted molar refractivity (Wildman–Crippen MR) is 187 cm³/mol. The average Bonchev–Trinajstić information content (AvgIpc) is 3.38. The quantitative estimate of drug-likeness (QED) is 0.124. The van der Waals surface area contributed by atoms with E-state index in [1.807, 2.05) is 124 Å². The van der Waals surface area contributed by atoms with E-state index in [1.165, 1.54) is 18.2 Å². The van der Waals surface area contributed by atoms with Crippen molar-refractivity contribution in [3.8, 4) is 0 Å². The Hall–Kier alpha value is -1.53. The van der Waals surface area contributed by atoms with Gasteiger partial charge in [-0.1, -0.05) is 141 Å². The van der Waals surface area contributed by atoms with Crippen LogP contribution in [-0.2, 0) is 95.1 Å². The van der Waals surface area contributed by atoms with E-state index in [0.29, 0.717) is 24.0 Å². The third kappa shape index (κ3) is 17.8. The standard InChI is InChI=1S/C15H13NO.C9H9BrO2.C7H9N.2C2H6.2CH3.2Y/c17-15-14-9-5-4-8-13(14)11-16(15)10-12-6-2-1-3-7-12;1-12-9(11)8-5-3-2-4-7(8)6-10;8-6-7-4-2-1-3-5-7;2*1-2;;;;/h1-9H,10-11H2;2-5H,6H2,1H3;1-5H,6,8H2;2*1-2H3;2*1H3;;/q;;;;;2*-1;;. The molecule has 2 N–H and O–H groups in total. The van der Waals surface area contributed by atoms with E-state index in [1.54, 1.807) is 6.07 Å². The van der Waals surface area contributed by atoms with Gasteiger partial charge in [-0.3, -0.25) is 4.79 Å². The molecular weight excluding hydrogens is 778 g/mol. The number of fused-ring (bicyclic) bond motifs is 1. The minimum Gasteiger partial charge on any atom is -0.465 e. The summed E-state index contributed by atoms with van der Waals surface area (Å²) in [5.41, 5.74) is 11.3. The molecule has 5 nitrogen and oxygen atoms in total. The van der Waals surface area contributed by atoms with Crippen LogP contribution in [0.4, 0.5) is 0 Å². The van der Waals surface area contributed by atoms with Crippen molar-refractivity contribution in [2.45, 2.75) is 52.7 Å². The number of carbonyl (C=O) groups excluding carboxylic acids is 2. The minimum absolute atomic E-state index is 0. The number of amides is 1. The van der Waals surface area contributed by atoms with Gasteiger partial charge in [-0.15, -0.1) is 0 Å². The van der Waals surface area contributed by atoms with Gasteiger partial charge < -0.3 is 30.2 Å². The van der Waals surface area contributed by atoms with E-state index >= 15 is 0 Å². The fraction of sp³-hybridized carbons (Fsp3) is 0.243. The number of methoxy groups -OCH3 is 1. The van der Waals surface area contributed by atoms with Crippen LogP contribution in [0.3, 0.4) is 0 Å². The zero-order chi connectivity index (χ0) is 30.5. The van der Waals surface area contributed by atoms with Crippen LogP contribution in [0.15, 0.2) is 109 Å². The first-order valence-electron chi connectivity index (χ1n) is 13.9. The Balaban J connectivity index is -0.000000268. The second-order valence-electron chi connectivity index (χ2n) is 8.28. The van der Waals surface area contributed by atoms with Gasteiger partial charge in [0.1, 0.15) is 0 Å². The summed E-state index contributed by atoms with van der Waals surface area (Å²) in [5, 5.41) is 0.665. The van der Waals surface area contributed by atoms with E-state index in [0.717, 1.165) is 23.2 Å². The fourth-order valence-corrected chi connectivity index (χ4v) is 4.30.